The highest BCUT2D eigenvalue weighted by atomic mass is 19.1. The summed E-state index contributed by atoms with van der Waals surface area (Å²) in [6, 6.07) is 9.89. The van der Waals surface area contributed by atoms with Crippen LogP contribution in [-0.4, -0.2) is 12.3 Å². The Labute approximate surface area is 103 Å². The summed E-state index contributed by atoms with van der Waals surface area (Å²) in [7, 11) is 0. The van der Waals surface area contributed by atoms with Gasteiger partial charge in [0.15, 0.2) is 0 Å². The largest absolute Gasteiger partial charge is 0.545 e. The molecule has 18 heavy (non-hydrogen) atoms. The fourth-order valence-corrected chi connectivity index (χ4v) is 1.62. The first kappa shape index (κ1) is 12.0. The van der Waals surface area contributed by atoms with Gasteiger partial charge in [-0.25, -0.2) is 4.39 Å². The fourth-order valence-electron chi connectivity index (χ4n) is 1.62. The zero-order chi connectivity index (χ0) is 13.1. The van der Waals surface area contributed by atoms with E-state index in [2.05, 4.69) is 0 Å². The third-order valence-corrected chi connectivity index (χ3v) is 2.56. The highest BCUT2D eigenvalue weighted by molar-refractivity contribution is 5.86. The molecule has 2 aromatic rings. The van der Waals surface area contributed by atoms with Crippen molar-refractivity contribution in [3.05, 3.63) is 59.4 Å². The number of rotatable bonds is 3. The van der Waals surface area contributed by atoms with E-state index in [4.69, 9.17) is 0 Å². The van der Waals surface area contributed by atoms with E-state index < -0.39 is 11.8 Å². The summed E-state index contributed by atoms with van der Waals surface area (Å²) in [6.07, 6.45) is 0.694. The molecule has 0 heterocycles. The van der Waals surface area contributed by atoms with Crippen molar-refractivity contribution in [2.24, 2.45) is 0 Å². The molecule has 90 valence electrons. The molecule has 0 N–H and O–H groups in total. The number of halogens is 1. The molecule has 2 aromatic carbocycles. The summed E-state index contributed by atoms with van der Waals surface area (Å²) in [5.41, 5.74) is 1.13. The monoisotopic (exact) mass is 243 g/mol. The van der Waals surface area contributed by atoms with Crippen LogP contribution in [0.3, 0.4) is 0 Å². The number of aldehydes is 1. The molecular weight excluding hydrogens is 235 g/mol. The van der Waals surface area contributed by atoms with E-state index >= 15 is 0 Å². The Morgan fingerprint density at radius 3 is 2.28 bits per heavy atom. The number of hydrogen-bond donors (Lipinski definition) is 0. The van der Waals surface area contributed by atoms with Crippen molar-refractivity contribution in [3.63, 3.8) is 0 Å². The summed E-state index contributed by atoms with van der Waals surface area (Å²) in [5, 5.41) is 10.6. The van der Waals surface area contributed by atoms with Crippen LogP contribution in [0, 0.1) is 5.82 Å². The topological polar surface area (TPSA) is 57.2 Å². The van der Waals surface area contributed by atoms with E-state index in [-0.39, 0.29) is 11.1 Å². The van der Waals surface area contributed by atoms with E-state index in [0.29, 0.717) is 17.4 Å². The Hall–Kier alpha value is -2.49. The van der Waals surface area contributed by atoms with Crippen LogP contribution in [0.15, 0.2) is 42.5 Å². The van der Waals surface area contributed by atoms with Gasteiger partial charge in [-0.1, -0.05) is 36.4 Å². The number of carboxylic acid groups (broad SMARTS) is 1. The number of carbonyl (C=O) groups excluding carboxylic acids is 2. The number of benzene rings is 2. The van der Waals surface area contributed by atoms with E-state index in [1.807, 2.05) is 0 Å². The zero-order valence-electron chi connectivity index (χ0n) is 9.22. The first-order valence-electron chi connectivity index (χ1n) is 5.18. The Bertz CT molecular complexity index is 603. The SMILES string of the molecule is O=Cc1ccc(-c2ccc(C(=O)[O-])cc2F)cc1. The van der Waals surface area contributed by atoms with E-state index in [0.717, 1.165) is 6.07 Å². The molecule has 3 nitrogen and oxygen atoms in total. The quantitative estimate of drug-likeness (QED) is 0.770. The van der Waals surface area contributed by atoms with Gasteiger partial charge in [0, 0.05) is 16.7 Å². The number of carboxylic acids is 1. The molecule has 0 bridgehead atoms. The second-order valence-electron chi connectivity index (χ2n) is 3.72. The summed E-state index contributed by atoms with van der Waals surface area (Å²) >= 11 is 0. The predicted octanol–water partition coefficient (Wildman–Crippen LogP) is 1.67. The normalized spacial score (nSPS) is 10.1. The van der Waals surface area contributed by atoms with Crippen LogP contribution in [0.1, 0.15) is 20.7 Å². The number of hydrogen-bond acceptors (Lipinski definition) is 3. The highest BCUT2D eigenvalue weighted by Gasteiger charge is 2.06. The van der Waals surface area contributed by atoms with Crippen molar-refractivity contribution in [1.82, 2.24) is 0 Å². The van der Waals surface area contributed by atoms with Gasteiger partial charge in [-0.3, -0.25) is 4.79 Å². The lowest BCUT2D eigenvalue weighted by Crippen LogP contribution is -2.22. The smallest absolute Gasteiger partial charge is 0.150 e. The Morgan fingerprint density at radius 2 is 1.78 bits per heavy atom. The first-order chi connectivity index (χ1) is 8.61. The maximum absolute atomic E-state index is 13.7. The van der Waals surface area contributed by atoms with Gasteiger partial charge in [0.05, 0.1) is 5.97 Å². The van der Waals surface area contributed by atoms with Gasteiger partial charge in [0.1, 0.15) is 12.1 Å². The fraction of sp³-hybridized carbons (Fsp3) is 0. The molecule has 0 aromatic heterocycles. The molecule has 0 fully saturated rings. The van der Waals surface area contributed by atoms with Gasteiger partial charge in [0.25, 0.3) is 0 Å². The predicted molar refractivity (Wildman–Crippen MR) is 61.6 cm³/mol. The molecule has 0 spiro atoms. The van der Waals surface area contributed by atoms with E-state index in [9.17, 15) is 19.1 Å². The van der Waals surface area contributed by atoms with Crippen LogP contribution in [0.4, 0.5) is 4.39 Å². The van der Waals surface area contributed by atoms with Crippen molar-refractivity contribution in [3.8, 4) is 11.1 Å². The molecule has 0 aliphatic carbocycles. The Balaban J connectivity index is 2.44. The third-order valence-electron chi connectivity index (χ3n) is 2.56. The lowest BCUT2D eigenvalue weighted by atomic mass is 10.0. The average molecular weight is 243 g/mol. The van der Waals surface area contributed by atoms with Crippen molar-refractivity contribution in [2.75, 3.05) is 0 Å². The second-order valence-corrected chi connectivity index (χ2v) is 3.72. The van der Waals surface area contributed by atoms with Crippen molar-refractivity contribution >= 4 is 12.3 Å². The molecule has 0 radical (unpaired) electrons. The highest BCUT2D eigenvalue weighted by Crippen LogP contribution is 2.23. The van der Waals surface area contributed by atoms with Crippen LogP contribution in [0.2, 0.25) is 0 Å². The number of aromatic carboxylic acids is 1. The molecule has 0 saturated heterocycles. The van der Waals surface area contributed by atoms with Crippen LogP contribution in [-0.2, 0) is 0 Å². The summed E-state index contributed by atoms with van der Waals surface area (Å²) in [6.45, 7) is 0. The van der Waals surface area contributed by atoms with E-state index in [1.165, 1.54) is 12.1 Å². The summed E-state index contributed by atoms with van der Waals surface area (Å²) < 4.78 is 13.7. The van der Waals surface area contributed by atoms with Crippen LogP contribution < -0.4 is 5.11 Å². The first-order valence-corrected chi connectivity index (χ1v) is 5.18. The maximum Gasteiger partial charge on any atom is 0.150 e. The van der Waals surface area contributed by atoms with Crippen LogP contribution >= 0.6 is 0 Å². The minimum Gasteiger partial charge on any atom is -0.545 e. The summed E-state index contributed by atoms with van der Waals surface area (Å²) in [4.78, 5) is 21.1. The molecule has 2 rings (SSSR count). The molecule has 0 aliphatic rings. The minimum absolute atomic E-state index is 0.208. The standard InChI is InChI=1S/C14H9FO3/c15-13-7-11(14(17)18)5-6-12(13)10-3-1-9(8-16)2-4-10/h1-8H,(H,17,18)/p-1. The van der Waals surface area contributed by atoms with E-state index in [1.54, 1.807) is 24.3 Å². The third kappa shape index (κ3) is 2.27. The minimum atomic E-state index is -1.42. The zero-order valence-corrected chi connectivity index (χ0v) is 9.22. The molecule has 0 saturated carbocycles. The molecule has 0 unspecified atom stereocenters. The van der Waals surface area contributed by atoms with Gasteiger partial charge in [-0.05, 0) is 11.6 Å². The molecule has 0 amide bonds. The van der Waals surface area contributed by atoms with Gasteiger partial charge in [-0.2, -0.15) is 0 Å². The van der Waals surface area contributed by atoms with Crippen molar-refractivity contribution in [1.29, 1.82) is 0 Å². The van der Waals surface area contributed by atoms with Gasteiger partial charge < -0.3 is 9.90 Å². The second kappa shape index (κ2) is 4.79. The van der Waals surface area contributed by atoms with Gasteiger partial charge in [0.2, 0.25) is 0 Å². The molecule has 0 aliphatic heterocycles. The summed E-state index contributed by atoms with van der Waals surface area (Å²) in [5.74, 6) is -2.06. The van der Waals surface area contributed by atoms with Gasteiger partial charge in [-0.15, -0.1) is 0 Å². The van der Waals surface area contributed by atoms with Crippen molar-refractivity contribution < 1.29 is 19.1 Å². The maximum atomic E-state index is 13.7. The molecular formula is C14H8FO3-. The van der Waals surface area contributed by atoms with Gasteiger partial charge >= 0.3 is 0 Å². The molecule has 4 heteroatoms. The average Bonchev–Trinajstić information content (AvgIpc) is 2.38. The van der Waals surface area contributed by atoms with Crippen molar-refractivity contribution in [2.45, 2.75) is 0 Å². The Morgan fingerprint density at radius 1 is 1.11 bits per heavy atom. The lowest BCUT2D eigenvalue weighted by Gasteiger charge is -2.07. The molecule has 0 atom stereocenters. The van der Waals surface area contributed by atoms with Crippen LogP contribution in [0.25, 0.3) is 11.1 Å². The van der Waals surface area contributed by atoms with Crippen LogP contribution in [0.5, 0.6) is 0 Å². The number of carbonyl (C=O) groups is 2. The lowest BCUT2D eigenvalue weighted by molar-refractivity contribution is -0.255. The Kier molecular flexibility index (Phi) is 3.19.